The van der Waals surface area contributed by atoms with Crippen LogP contribution in [0.15, 0.2) is 199 Å². The van der Waals surface area contributed by atoms with Gasteiger partial charge in [0.15, 0.2) is 0 Å². The molecule has 0 unspecified atom stereocenters. The zero-order chi connectivity index (χ0) is 33.7. The van der Waals surface area contributed by atoms with Crippen LogP contribution in [0.1, 0.15) is 0 Å². The monoisotopic (exact) mass is 652 g/mol. The lowest BCUT2D eigenvalue weighted by molar-refractivity contribution is 0.643. The topological polar surface area (TPSA) is 21.3 Å². The molecule has 0 amide bonds. The van der Waals surface area contributed by atoms with Gasteiger partial charge in [0, 0.05) is 39.4 Å². The number of aromatic nitrogens is 1. The molecule has 0 bridgehead atoms. The summed E-state index contributed by atoms with van der Waals surface area (Å²) in [4.78, 5) is 2.39. The van der Waals surface area contributed by atoms with Crippen LogP contribution >= 0.6 is 0 Å². The van der Waals surface area contributed by atoms with E-state index in [-0.39, 0.29) is 0 Å². The van der Waals surface area contributed by atoms with Gasteiger partial charge >= 0.3 is 0 Å². The van der Waals surface area contributed by atoms with Crippen LogP contribution in [-0.4, -0.2) is 4.57 Å². The Morgan fingerprint density at radius 3 is 1.61 bits per heavy atom. The van der Waals surface area contributed by atoms with Gasteiger partial charge in [0.05, 0.1) is 5.69 Å². The number of rotatable bonds is 6. The minimum absolute atomic E-state index is 0.867. The molecule has 3 heteroatoms. The maximum Gasteiger partial charge on any atom is 0.212 e. The highest BCUT2D eigenvalue weighted by Crippen LogP contribution is 2.43. The van der Waals surface area contributed by atoms with Crippen LogP contribution < -0.4 is 4.90 Å². The van der Waals surface area contributed by atoms with E-state index in [1.165, 1.54) is 32.7 Å². The second kappa shape index (κ2) is 11.9. The molecule has 0 aliphatic carbocycles. The number of hydrogen-bond donors (Lipinski definition) is 0. The molecule has 0 fully saturated rings. The van der Waals surface area contributed by atoms with Gasteiger partial charge in [0.2, 0.25) is 5.71 Å². The van der Waals surface area contributed by atoms with Gasteiger partial charge in [0.1, 0.15) is 5.58 Å². The van der Waals surface area contributed by atoms with Gasteiger partial charge in [-0.3, -0.25) is 4.57 Å². The molecule has 0 aliphatic rings. The summed E-state index contributed by atoms with van der Waals surface area (Å²) in [5.41, 5.74) is 10.9. The van der Waals surface area contributed by atoms with Gasteiger partial charge in [-0.05, 0) is 93.0 Å². The van der Waals surface area contributed by atoms with Crippen LogP contribution in [0, 0.1) is 0 Å². The van der Waals surface area contributed by atoms with E-state index in [4.69, 9.17) is 4.42 Å². The van der Waals surface area contributed by atoms with Crippen LogP contribution in [0.2, 0.25) is 0 Å². The van der Waals surface area contributed by atoms with Crippen molar-refractivity contribution in [1.82, 2.24) is 4.57 Å². The van der Waals surface area contributed by atoms with Crippen molar-refractivity contribution in [2.45, 2.75) is 0 Å². The molecule has 2 heterocycles. The van der Waals surface area contributed by atoms with E-state index in [9.17, 15) is 0 Å². The minimum Gasteiger partial charge on any atom is -0.439 e. The summed E-state index contributed by atoms with van der Waals surface area (Å²) in [6.07, 6.45) is 2.09. The molecule has 10 aromatic rings. The summed E-state index contributed by atoms with van der Waals surface area (Å²) in [5, 5.41) is 7.21. The number of anilines is 3. The summed E-state index contributed by atoms with van der Waals surface area (Å²) >= 11 is 0. The van der Waals surface area contributed by atoms with E-state index in [0.29, 0.717) is 0 Å². The fraction of sp³-hybridized carbons (Fsp3) is 0. The standard InChI is InChI=1S/C48H32N2O/c1-2-10-33(11-3-1)34-20-26-39(27-21-34)50(46-32-37-12-4-5-13-41(37)42-14-6-7-15-43(42)46)40-28-22-36(23-29-40)35-18-24-38(25-19-35)49-31-30-45-44-16-8-9-17-47(44)51-48(45)49/h1-32H. The molecule has 8 aromatic carbocycles. The molecule has 0 atom stereocenters. The first-order valence-corrected chi connectivity index (χ1v) is 17.3. The molecule has 240 valence electrons. The van der Waals surface area contributed by atoms with Crippen molar-refractivity contribution >= 4 is 60.7 Å². The van der Waals surface area contributed by atoms with Crippen molar-refractivity contribution in [2.75, 3.05) is 4.90 Å². The molecule has 0 spiro atoms. The minimum atomic E-state index is 0.867. The maximum atomic E-state index is 6.24. The highest BCUT2D eigenvalue weighted by Gasteiger charge is 2.18. The van der Waals surface area contributed by atoms with Crippen molar-refractivity contribution in [2.24, 2.45) is 0 Å². The van der Waals surface area contributed by atoms with Crippen molar-refractivity contribution in [3.05, 3.63) is 194 Å². The quantitative estimate of drug-likeness (QED) is 0.167. The summed E-state index contributed by atoms with van der Waals surface area (Å²) < 4.78 is 8.36. The number of fused-ring (bicyclic) bond motifs is 6. The van der Waals surface area contributed by atoms with Crippen LogP contribution in [-0.2, 0) is 0 Å². The lowest BCUT2D eigenvalue weighted by Crippen LogP contribution is -2.10. The molecule has 0 saturated carbocycles. The van der Waals surface area contributed by atoms with Gasteiger partial charge in [-0.15, -0.1) is 0 Å². The molecule has 51 heavy (non-hydrogen) atoms. The van der Waals surface area contributed by atoms with E-state index in [0.717, 1.165) is 55.9 Å². The molecular formula is C48H32N2O. The van der Waals surface area contributed by atoms with Crippen LogP contribution in [0.25, 0.3) is 71.6 Å². The third-order valence-corrected chi connectivity index (χ3v) is 10.0. The van der Waals surface area contributed by atoms with Crippen molar-refractivity contribution < 1.29 is 4.42 Å². The number of hydrogen-bond acceptors (Lipinski definition) is 2. The summed E-state index contributed by atoms with van der Waals surface area (Å²) in [6.45, 7) is 0. The number of para-hydroxylation sites is 1. The number of benzene rings is 8. The van der Waals surface area contributed by atoms with Crippen molar-refractivity contribution in [3.8, 4) is 27.9 Å². The second-order valence-corrected chi connectivity index (χ2v) is 13.0. The summed E-state index contributed by atoms with van der Waals surface area (Å²) in [5.74, 6) is 0. The second-order valence-electron chi connectivity index (χ2n) is 13.0. The van der Waals surface area contributed by atoms with Crippen LogP contribution in [0.5, 0.6) is 0 Å². The van der Waals surface area contributed by atoms with Gasteiger partial charge in [0.25, 0.3) is 0 Å². The van der Waals surface area contributed by atoms with Crippen LogP contribution in [0.3, 0.4) is 0 Å². The zero-order valence-electron chi connectivity index (χ0n) is 27.8. The maximum absolute atomic E-state index is 6.24. The summed E-state index contributed by atoms with van der Waals surface area (Å²) in [7, 11) is 0. The van der Waals surface area contributed by atoms with Gasteiger partial charge < -0.3 is 9.32 Å². The number of furan rings is 1. The fourth-order valence-corrected chi connectivity index (χ4v) is 7.51. The van der Waals surface area contributed by atoms with Crippen LogP contribution in [0.4, 0.5) is 17.1 Å². The van der Waals surface area contributed by atoms with Crippen molar-refractivity contribution in [1.29, 1.82) is 0 Å². The molecule has 3 nitrogen and oxygen atoms in total. The van der Waals surface area contributed by atoms with Crippen molar-refractivity contribution in [3.63, 3.8) is 0 Å². The first kappa shape index (κ1) is 29.1. The Bertz CT molecular complexity index is 2830. The Hall–Kier alpha value is -6.84. The Morgan fingerprint density at radius 2 is 0.922 bits per heavy atom. The first-order valence-electron chi connectivity index (χ1n) is 17.3. The number of nitrogens with zero attached hydrogens (tertiary/aromatic N) is 2. The molecule has 0 radical (unpaired) electrons. The third-order valence-electron chi connectivity index (χ3n) is 10.0. The van der Waals surface area contributed by atoms with E-state index >= 15 is 0 Å². The van der Waals surface area contributed by atoms with Gasteiger partial charge in [-0.25, -0.2) is 0 Å². The normalized spacial score (nSPS) is 11.5. The predicted molar refractivity (Wildman–Crippen MR) is 214 cm³/mol. The Kier molecular flexibility index (Phi) is 6.81. The zero-order valence-corrected chi connectivity index (χ0v) is 27.8. The molecule has 2 aromatic heterocycles. The predicted octanol–water partition coefficient (Wildman–Crippen LogP) is 13.5. The molecule has 0 aliphatic heterocycles. The highest BCUT2D eigenvalue weighted by molar-refractivity contribution is 6.14. The average Bonchev–Trinajstić information content (AvgIpc) is 3.79. The van der Waals surface area contributed by atoms with E-state index in [1.54, 1.807) is 0 Å². The smallest absolute Gasteiger partial charge is 0.212 e. The first-order chi connectivity index (χ1) is 25.3. The molecule has 0 saturated heterocycles. The summed E-state index contributed by atoms with van der Waals surface area (Å²) in [6, 6.07) is 67.2. The van der Waals surface area contributed by atoms with E-state index in [2.05, 4.69) is 192 Å². The highest BCUT2D eigenvalue weighted by atomic mass is 16.3. The Balaban J connectivity index is 1.04. The van der Waals surface area contributed by atoms with Gasteiger partial charge in [-0.1, -0.05) is 133 Å². The molecule has 0 N–H and O–H groups in total. The average molecular weight is 653 g/mol. The van der Waals surface area contributed by atoms with E-state index in [1.807, 2.05) is 12.1 Å². The van der Waals surface area contributed by atoms with E-state index < -0.39 is 0 Å². The fourth-order valence-electron chi connectivity index (χ4n) is 7.51. The Labute approximate surface area is 295 Å². The lowest BCUT2D eigenvalue weighted by atomic mass is 9.98. The Morgan fingerprint density at radius 1 is 0.392 bits per heavy atom. The third kappa shape index (κ3) is 4.98. The lowest BCUT2D eigenvalue weighted by Gasteiger charge is -2.28. The SMILES string of the molecule is c1ccc(-c2ccc(N(c3ccc(-c4ccc(-n5ccc6c7ccccc7oc65)cc4)cc3)c3cc4ccccc4c4ccccc34)cc2)cc1. The van der Waals surface area contributed by atoms with Gasteiger partial charge in [-0.2, -0.15) is 0 Å². The largest absolute Gasteiger partial charge is 0.439 e. The molecular weight excluding hydrogens is 621 g/mol. The molecule has 10 rings (SSSR count).